The van der Waals surface area contributed by atoms with Crippen molar-refractivity contribution in [2.24, 2.45) is 0 Å². The largest absolute Gasteiger partial charge is 0.348 e. The summed E-state index contributed by atoms with van der Waals surface area (Å²) in [6.07, 6.45) is 5.76. The first kappa shape index (κ1) is 22.6. The molecule has 0 spiro atoms. The van der Waals surface area contributed by atoms with Crippen molar-refractivity contribution in [3.63, 3.8) is 0 Å². The van der Waals surface area contributed by atoms with E-state index in [1.165, 1.54) is 11.1 Å². The van der Waals surface area contributed by atoms with Gasteiger partial charge in [0.15, 0.2) is 0 Å². The van der Waals surface area contributed by atoms with Crippen molar-refractivity contribution in [1.82, 2.24) is 24.8 Å². The minimum atomic E-state index is 0.124. The molecule has 5 rings (SSSR count). The van der Waals surface area contributed by atoms with E-state index in [0.29, 0.717) is 5.95 Å². The number of carbonyl (C=O) groups is 1. The second-order valence-corrected chi connectivity index (χ2v) is 8.38. The van der Waals surface area contributed by atoms with Crippen LogP contribution in [0.4, 0.5) is 5.95 Å². The highest BCUT2D eigenvalue weighted by molar-refractivity contribution is 5.81. The van der Waals surface area contributed by atoms with Crippen LogP contribution in [-0.2, 0) is 4.79 Å². The molecule has 3 heterocycles. The van der Waals surface area contributed by atoms with Crippen LogP contribution < -0.4 is 10.6 Å². The third kappa shape index (κ3) is 5.62. The molecule has 1 saturated heterocycles. The molecule has 7 nitrogen and oxygen atoms in total. The number of rotatable bonds is 5. The van der Waals surface area contributed by atoms with Crippen molar-refractivity contribution in [2.75, 3.05) is 11.9 Å². The number of hydrogen-bond donors (Lipinski definition) is 2. The SMILES string of the molecule is CC(=O)C1CCCN1.Cc1ccc2c(c1)ncn2-c1ccnc(N[C@@H](C)c2ccccc2)n1. The number of carbonyl (C=O) groups excluding carboxylic acids is 1. The van der Waals surface area contributed by atoms with Gasteiger partial charge < -0.3 is 10.6 Å². The number of nitrogens with zero attached hydrogens (tertiary/aromatic N) is 4. The van der Waals surface area contributed by atoms with Crippen LogP contribution in [0.15, 0.2) is 67.1 Å². The normalized spacial score (nSPS) is 16.2. The summed E-state index contributed by atoms with van der Waals surface area (Å²) in [5.74, 6) is 1.68. The molecule has 2 N–H and O–H groups in total. The number of anilines is 1. The molecule has 1 aliphatic rings. The predicted molar refractivity (Wildman–Crippen MR) is 132 cm³/mol. The Labute approximate surface area is 194 Å². The lowest BCUT2D eigenvalue weighted by molar-refractivity contribution is -0.118. The van der Waals surface area contributed by atoms with Gasteiger partial charge in [0.2, 0.25) is 5.95 Å². The fourth-order valence-corrected chi connectivity index (χ4v) is 3.91. The monoisotopic (exact) mass is 442 g/mol. The first-order valence-electron chi connectivity index (χ1n) is 11.3. The zero-order valence-electron chi connectivity index (χ0n) is 19.3. The number of ketones is 1. The second kappa shape index (κ2) is 10.4. The summed E-state index contributed by atoms with van der Waals surface area (Å²) in [6.45, 7) is 6.82. The Balaban J connectivity index is 0.000000275. The van der Waals surface area contributed by atoms with E-state index in [9.17, 15) is 4.79 Å². The van der Waals surface area contributed by atoms with E-state index in [4.69, 9.17) is 0 Å². The number of aryl methyl sites for hydroxylation is 1. The first-order valence-corrected chi connectivity index (χ1v) is 11.3. The molecule has 33 heavy (non-hydrogen) atoms. The van der Waals surface area contributed by atoms with Gasteiger partial charge in [-0.1, -0.05) is 36.4 Å². The molecule has 1 aliphatic heterocycles. The van der Waals surface area contributed by atoms with Gasteiger partial charge in [-0.2, -0.15) is 4.98 Å². The Morgan fingerprint density at radius 1 is 1.15 bits per heavy atom. The van der Waals surface area contributed by atoms with Gasteiger partial charge >= 0.3 is 0 Å². The quantitative estimate of drug-likeness (QED) is 0.469. The minimum absolute atomic E-state index is 0.124. The lowest BCUT2D eigenvalue weighted by atomic mass is 10.1. The summed E-state index contributed by atoms with van der Waals surface area (Å²) in [4.78, 5) is 24.1. The third-order valence-electron chi connectivity index (χ3n) is 5.79. The molecule has 0 saturated carbocycles. The zero-order valence-corrected chi connectivity index (χ0v) is 19.3. The summed E-state index contributed by atoms with van der Waals surface area (Å²) >= 11 is 0. The standard InChI is InChI=1S/C20H19N5.C6H11NO/c1-14-8-9-18-17(12-14)22-13-25(18)19-10-11-21-20(24-19)23-15(2)16-6-4-3-5-7-16;1-5(8)6-3-2-4-7-6/h3-13,15H,1-2H3,(H,21,23,24);6-7H,2-4H2,1H3/t15-;/m0./s1. The average Bonchev–Trinajstić information content (AvgIpc) is 3.50. The van der Waals surface area contributed by atoms with Gasteiger partial charge in [-0.05, 0) is 69.5 Å². The van der Waals surface area contributed by atoms with Crippen molar-refractivity contribution in [1.29, 1.82) is 0 Å². The minimum Gasteiger partial charge on any atom is -0.348 e. The van der Waals surface area contributed by atoms with Crippen LogP contribution in [0.5, 0.6) is 0 Å². The van der Waals surface area contributed by atoms with Crippen molar-refractivity contribution in [3.05, 3.63) is 78.2 Å². The third-order valence-corrected chi connectivity index (χ3v) is 5.79. The number of benzene rings is 2. The van der Waals surface area contributed by atoms with Gasteiger partial charge in [0, 0.05) is 6.20 Å². The van der Waals surface area contributed by atoms with Crippen LogP contribution in [0.3, 0.4) is 0 Å². The Hall–Kier alpha value is -3.58. The summed E-state index contributed by atoms with van der Waals surface area (Å²) in [7, 11) is 0. The fourth-order valence-electron chi connectivity index (χ4n) is 3.91. The van der Waals surface area contributed by atoms with E-state index in [2.05, 4.69) is 69.8 Å². The molecule has 4 aromatic rings. The van der Waals surface area contributed by atoms with Crippen molar-refractivity contribution in [2.45, 2.75) is 45.7 Å². The maximum absolute atomic E-state index is 10.6. The molecule has 0 amide bonds. The van der Waals surface area contributed by atoms with E-state index in [1.807, 2.05) is 28.8 Å². The highest BCUT2D eigenvalue weighted by Crippen LogP contribution is 2.20. The molecule has 7 heteroatoms. The maximum Gasteiger partial charge on any atom is 0.225 e. The Bertz CT molecular complexity index is 1210. The van der Waals surface area contributed by atoms with Crippen LogP contribution >= 0.6 is 0 Å². The van der Waals surface area contributed by atoms with Crippen LogP contribution in [-0.4, -0.2) is 37.9 Å². The van der Waals surface area contributed by atoms with E-state index in [1.54, 1.807) is 19.4 Å². The van der Waals surface area contributed by atoms with Crippen LogP contribution in [0.1, 0.15) is 43.9 Å². The lowest BCUT2D eigenvalue weighted by Gasteiger charge is -2.14. The Morgan fingerprint density at radius 3 is 2.67 bits per heavy atom. The summed E-state index contributed by atoms with van der Waals surface area (Å²) in [5.41, 5.74) is 4.39. The summed E-state index contributed by atoms with van der Waals surface area (Å²) in [6, 6.07) is 18.7. The van der Waals surface area contributed by atoms with Crippen molar-refractivity contribution >= 4 is 22.8 Å². The van der Waals surface area contributed by atoms with Crippen LogP contribution in [0.2, 0.25) is 0 Å². The molecular formula is C26H30N6O. The Morgan fingerprint density at radius 2 is 1.97 bits per heavy atom. The van der Waals surface area contributed by atoms with E-state index >= 15 is 0 Å². The molecular weight excluding hydrogens is 412 g/mol. The predicted octanol–water partition coefficient (Wildman–Crippen LogP) is 4.62. The lowest BCUT2D eigenvalue weighted by Crippen LogP contribution is -2.28. The van der Waals surface area contributed by atoms with Crippen molar-refractivity contribution in [3.8, 4) is 5.82 Å². The molecule has 2 aromatic heterocycles. The van der Waals surface area contributed by atoms with Gasteiger partial charge in [0.05, 0.1) is 23.1 Å². The summed E-state index contributed by atoms with van der Waals surface area (Å²) in [5, 5.41) is 6.47. The van der Waals surface area contributed by atoms with Crippen LogP contribution in [0, 0.1) is 6.92 Å². The molecule has 0 bridgehead atoms. The number of Topliss-reactive ketones (excluding diaryl/α,β-unsaturated/α-hetero) is 1. The maximum atomic E-state index is 10.6. The summed E-state index contributed by atoms with van der Waals surface area (Å²) < 4.78 is 1.98. The molecule has 0 aliphatic carbocycles. The first-order chi connectivity index (χ1) is 16.0. The highest BCUT2D eigenvalue weighted by atomic mass is 16.1. The topological polar surface area (TPSA) is 84.7 Å². The van der Waals surface area contributed by atoms with E-state index in [0.717, 1.165) is 36.2 Å². The van der Waals surface area contributed by atoms with Crippen LogP contribution in [0.25, 0.3) is 16.9 Å². The van der Waals surface area contributed by atoms with E-state index < -0.39 is 0 Å². The fraction of sp³-hybridized carbons (Fsp3) is 0.308. The Kier molecular flexibility index (Phi) is 7.10. The van der Waals surface area contributed by atoms with Crippen molar-refractivity contribution < 1.29 is 4.79 Å². The molecule has 2 aromatic carbocycles. The molecule has 2 atom stereocenters. The zero-order chi connectivity index (χ0) is 23.2. The molecule has 1 unspecified atom stereocenters. The molecule has 1 fully saturated rings. The number of fused-ring (bicyclic) bond motifs is 1. The van der Waals surface area contributed by atoms with Gasteiger partial charge in [-0.3, -0.25) is 9.36 Å². The molecule has 0 radical (unpaired) electrons. The number of nitrogens with one attached hydrogen (secondary N) is 2. The van der Waals surface area contributed by atoms with Gasteiger partial charge in [0.1, 0.15) is 17.9 Å². The smallest absolute Gasteiger partial charge is 0.225 e. The van der Waals surface area contributed by atoms with E-state index in [-0.39, 0.29) is 17.9 Å². The average molecular weight is 443 g/mol. The molecule has 170 valence electrons. The van der Waals surface area contributed by atoms with Gasteiger partial charge in [0.25, 0.3) is 0 Å². The number of imidazole rings is 1. The second-order valence-electron chi connectivity index (χ2n) is 8.38. The number of aromatic nitrogens is 4. The highest BCUT2D eigenvalue weighted by Gasteiger charge is 2.17. The van der Waals surface area contributed by atoms with Gasteiger partial charge in [-0.25, -0.2) is 9.97 Å². The van der Waals surface area contributed by atoms with Gasteiger partial charge in [-0.15, -0.1) is 0 Å². The number of hydrogen-bond acceptors (Lipinski definition) is 6.